The molecule has 0 fully saturated rings. The number of aromatic nitrogens is 1. The van der Waals surface area contributed by atoms with Crippen molar-refractivity contribution in [1.29, 1.82) is 0 Å². The van der Waals surface area contributed by atoms with Crippen LogP contribution in [0.4, 0.5) is 0 Å². The number of pyridine rings is 1. The van der Waals surface area contributed by atoms with Gasteiger partial charge in [-0.25, -0.2) is 4.98 Å². The molecule has 0 bridgehead atoms. The summed E-state index contributed by atoms with van der Waals surface area (Å²) in [5.41, 5.74) is 2.37. The summed E-state index contributed by atoms with van der Waals surface area (Å²) in [5.74, 6) is 0.749. The molecule has 1 rings (SSSR count). The molecular formula is C14H24N2O. The van der Waals surface area contributed by atoms with Crippen LogP contribution in [0.3, 0.4) is 0 Å². The van der Waals surface area contributed by atoms with Crippen LogP contribution in [0.2, 0.25) is 0 Å². The highest BCUT2D eigenvalue weighted by molar-refractivity contribution is 5.25. The zero-order valence-corrected chi connectivity index (χ0v) is 11.4. The second-order valence-electron chi connectivity index (χ2n) is 4.52. The van der Waals surface area contributed by atoms with Crippen molar-refractivity contribution in [3.05, 3.63) is 23.4 Å². The summed E-state index contributed by atoms with van der Waals surface area (Å²) >= 11 is 0. The van der Waals surface area contributed by atoms with E-state index >= 15 is 0 Å². The van der Waals surface area contributed by atoms with Crippen LogP contribution in [0, 0.1) is 0 Å². The highest BCUT2D eigenvalue weighted by Gasteiger charge is 2.04. The van der Waals surface area contributed by atoms with E-state index in [9.17, 15) is 0 Å². The third kappa shape index (κ3) is 5.18. The lowest BCUT2D eigenvalue weighted by atomic mass is 10.1. The highest BCUT2D eigenvalue weighted by atomic mass is 16.5. The first-order valence-corrected chi connectivity index (χ1v) is 6.51. The van der Waals surface area contributed by atoms with Gasteiger partial charge in [-0.1, -0.05) is 27.2 Å². The van der Waals surface area contributed by atoms with Crippen molar-refractivity contribution in [3.63, 3.8) is 0 Å². The lowest BCUT2D eigenvalue weighted by Crippen LogP contribution is -2.22. The van der Waals surface area contributed by atoms with E-state index in [4.69, 9.17) is 4.74 Å². The predicted molar refractivity (Wildman–Crippen MR) is 71.4 cm³/mol. The van der Waals surface area contributed by atoms with E-state index in [1.807, 2.05) is 13.0 Å². The quantitative estimate of drug-likeness (QED) is 0.790. The number of hydrogen-bond donors (Lipinski definition) is 1. The minimum atomic E-state index is 0.494. The van der Waals surface area contributed by atoms with Gasteiger partial charge in [0.1, 0.15) is 0 Å². The van der Waals surface area contributed by atoms with E-state index < -0.39 is 0 Å². The molecule has 0 unspecified atom stereocenters. The van der Waals surface area contributed by atoms with Crippen molar-refractivity contribution in [2.24, 2.45) is 0 Å². The molecule has 3 heteroatoms. The summed E-state index contributed by atoms with van der Waals surface area (Å²) in [7, 11) is 0. The van der Waals surface area contributed by atoms with Gasteiger partial charge in [0, 0.05) is 24.3 Å². The smallest absolute Gasteiger partial charge is 0.213 e. The van der Waals surface area contributed by atoms with Gasteiger partial charge in [0.2, 0.25) is 5.88 Å². The molecule has 17 heavy (non-hydrogen) atoms. The first-order valence-electron chi connectivity index (χ1n) is 6.51. The predicted octanol–water partition coefficient (Wildman–Crippen LogP) is 2.93. The monoisotopic (exact) mass is 236 g/mol. The Labute approximate surface area is 105 Å². The first kappa shape index (κ1) is 14.0. The minimum absolute atomic E-state index is 0.494. The molecule has 0 spiro atoms. The largest absolute Gasteiger partial charge is 0.478 e. The summed E-state index contributed by atoms with van der Waals surface area (Å²) in [6.45, 7) is 9.99. The number of hydrogen-bond acceptors (Lipinski definition) is 3. The van der Waals surface area contributed by atoms with Crippen LogP contribution < -0.4 is 10.1 Å². The van der Waals surface area contributed by atoms with Gasteiger partial charge in [-0.3, -0.25) is 0 Å². The summed E-state index contributed by atoms with van der Waals surface area (Å²) in [4.78, 5) is 4.49. The molecule has 1 heterocycles. The maximum atomic E-state index is 5.50. The molecular weight excluding hydrogens is 212 g/mol. The molecule has 0 saturated carbocycles. The Balaban J connectivity index is 2.79. The lowest BCUT2D eigenvalue weighted by Gasteiger charge is -2.11. The zero-order valence-electron chi connectivity index (χ0n) is 11.4. The number of nitrogens with zero attached hydrogens (tertiary/aromatic N) is 1. The van der Waals surface area contributed by atoms with Gasteiger partial charge in [0.25, 0.3) is 0 Å². The van der Waals surface area contributed by atoms with Crippen molar-refractivity contribution in [2.45, 2.75) is 53.1 Å². The normalized spacial score (nSPS) is 10.9. The van der Waals surface area contributed by atoms with E-state index in [1.54, 1.807) is 0 Å². The maximum Gasteiger partial charge on any atom is 0.213 e. The van der Waals surface area contributed by atoms with Gasteiger partial charge in [-0.15, -0.1) is 0 Å². The summed E-state index contributed by atoms with van der Waals surface area (Å²) in [6.07, 6.45) is 2.12. The number of ether oxygens (including phenoxy) is 1. The topological polar surface area (TPSA) is 34.1 Å². The fourth-order valence-electron chi connectivity index (χ4n) is 1.65. The van der Waals surface area contributed by atoms with Gasteiger partial charge >= 0.3 is 0 Å². The van der Waals surface area contributed by atoms with Gasteiger partial charge in [0.05, 0.1) is 6.61 Å². The van der Waals surface area contributed by atoms with E-state index in [0.29, 0.717) is 12.6 Å². The van der Waals surface area contributed by atoms with Crippen molar-refractivity contribution < 1.29 is 4.74 Å². The Bertz CT molecular complexity index is 313. The fourth-order valence-corrected chi connectivity index (χ4v) is 1.65. The van der Waals surface area contributed by atoms with Crippen molar-refractivity contribution in [3.8, 4) is 5.88 Å². The molecule has 96 valence electrons. The van der Waals surface area contributed by atoms with Gasteiger partial charge < -0.3 is 10.1 Å². The lowest BCUT2D eigenvalue weighted by molar-refractivity contribution is 0.325. The molecule has 1 aromatic heterocycles. The molecule has 0 atom stereocenters. The molecule has 0 aliphatic carbocycles. The highest BCUT2D eigenvalue weighted by Crippen LogP contribution is 2.14. The van der Waals surface area contributed by atoms with Gasteiger partial charge in [-0.05, 0) is 25.0 Å². The van der Waals surface area contributed by atoms with Crippen LogP contribution in [0.5, 0.6) is 5.88 Å². The molecule has 1 N–H and O–H groups in total. The SMILES string of the molecule is CCCc1cc(CNC(C)C)cc(OCC)n1. The standard InChI is InChI=1S/C14H24N2O/c1-5-7-13-8-12(10-15-11(3)4)9-14(16-13)17-6-2/h8-9,11,15H,5-7,10H2,1-4H3. The molecule has 0 aliphatic heterocycles. The second kappa shape index (κ2) is 7.28. The molecule has 0 amide bonds. The van der Waals surface area contributed by atoms with Gasteiger partial charge in [-0.2, -0.15) is 0 Å². The third-order valence-corrected chi connectivity index (χ3v) is 2.43. The van der Waals surface area contributed by atoms with Crippen molar-refractivity contribution >= 4 is 0 Å². The second-order valence-corrected chi connectivity index (χ2v) is 4.52. The van der Waals surface area contributed by atoms with E-state index in [1.165, 1.54) is 5.56 Å². The average Bonchev–Trinajstić information content (AvgIpc) is 2.27. The molecule has 1 aromatic rings. The Morgan fingerprint density at radius 1 is 1.29 bits per heavy atom. The van der Waals surface area contributed by atoms with Crippen LogP contribution in [0.25, 0.3) is 0 Å². The van der Waals surface area contributed by atoms with Crippen molar-refractivity contribution in [1.82, 2.24) is 10.3 Å². The van der Waals surface area contributed by atoms with Crippen LogP contribution >= 0.6 is 0 Å². The number of nitrogens with one attached hydrogen (secondary N) is 1. The zero-order chi connectivity index (χ0) is 12.7. The van der Waals surface area contributed by atoms with Crippen LogP contribution in [-0.4, -0.2) is 17.6 Å². The average molecular weight is 236 g/mol. The molecule has 0 saturated heterocycles. The molecule has 0 radical (unpaired) electrons. The summed E-state index contributed by atoms with van der Waals surface area (Å²) in [6, 6.07) is 4.69. The fraction of sp³-hybridized carbons (Fsp3) is 0.643. The summed E-state index contributed by atoms with van der Waals surface area (Å²) < 4.78 is 5.50. The minimum Gasteiger partial charge on any atom is -0.478 e. The van der Waals surface area contributed by atoms with E-state index in [2.05, 4.69) is 37.1 Å². The van der Waals surface area contributed by atoms with Crippen LogP contribution in [0.15, 0.2) is 12.1 Å². The molecule has 0 aromatic carbocycles. The third-order valence-electron chi connectivity index (χ3n) is 2.43. The molecule has 3 nitrogen and oxygen atoms in total. The summed E-state index contributed by atoms with van der Waals surface area (Å²) in [5, 5.41) is 3.42. The number of aryl methyl sites for hydroxylation is 1. The van der Waals surface area contributed by atoms with Crippen molar-refractivity contribution in [2.75, 3.05) is 6.61 Å². The Morgan fingerprint density at radius 2 is 2.06 bits per heavy atom. The van der Waals surface area contributed by atoms with Crippen LogP contribution in [-0.2, 0) is 13.0 Å². The maximum absolute atomic E-state index is 5.50. The van der Waals surface area contributed by atoms with E-state index in [0.717, 1.165) is 31.0 Å². The Kier molecular flexibility index (Phi) is 5.98. The van der Waals surface area contributed by atoms with E-state index in [-0.39, 0.29) is 0 Å². The Morgan fingerprint density at radius 3 is 2.65 bits per heavy atom. The first-order chi connectivity index (χ1) is 8.15. The number of rotatable bonds is 7. The molecule has 0 aliphatic rings. The van der Waals surface area contributed by atoms with Crippen LogP contribution in [0.1, 0.15) is 45.4 Å². The van der Waals surface area contributed by atoms with Gasteiger partial charge in [0.15, 0.2) is 0 Å². The Hall–Kier alpha value is -1.09.